The molecular weight excluding hydrogens is 216 g/mol. The largest absolute Gasteiger partial charge is 0.443 e. The molecule has 0 bridgehead atoms. The smallest absolute Gasteiger partial charge is 0.414 e. The lowest BCUT2D eigenvalue weighted by Gasteiger charge is -2.23. The number of nitrogens with two attached hydrogens (primary N) is 1. The van der Waals surface area contributed by atoms with E-state index in [1.165, 1.54) is 4.90 Å². The Balaban J connectivity index is 2.63. The van der Waals surface area contributed by atoms with Gasteiger partial charge in [-0.25, -0.2) is 4.79 Å². The standard InChI is InChI=1S/C13H20N2O2/c1-13(2,3)17-12(16)15(4)9-10-6-5-7-11(14)8-10/h5-7,9H,8,14H2,1-4H3. The van der Waals surface area contributed by atoms with Crippen LogP contribution in [-0.2, 0) is 4.74 Å². The van der Waals surface area contributed by atoms with Crippen molar-refractivity contribution in [3.63, 3.8) is 0 Å². The molecule has 17 heavy (non-hydrogen) atoms. The molecule has 2 N–H and O–H groups in total. The van der Waals surface area contributed by atoms with E-state index < -0.39 is 5.60 Å². The number of carbonyl (C=O) groups excluding carboxylic acids is 1. The molecule has 0 aromatic rings. The van der Waals surface area contributed by atoms with Gasteiger partial charge < -0.3 is 10.5 Å². The fraction of sp³-hybridized carbons (Fsp3) is 0.462. The van der Waals surface area contributed by atoms with Gasteiger partial charge in [0.2, 0.25) is 0 Å². The zero-order valence-electron chi connectivity index (χ0n) is 10.9. The SMILES string of the molecule is CN(C=C1C=CC=C(N)C1)C(=O)OC(C)(C)C. The van der Waals surface area contributed by atoms with Crippen LogP contribution in [0.5, 0.6) is 0 Å². The molecule has 94 valence electrons. The van der Waals surface area contributed by atoms with E-state index in [4.69, 9.17) is 10.5 Å². The second kappa shape index (κ2) is 5.08. The fourth-order valence-electron chi connectivity index (χ4n) is 1.37. The highest BCUT2D eigenvalue weighted by Gasteiger charge is 2.18. The minimum absolute atomic E-state index is 0.369. The van der Waals surface area contributed by atoms with E-state index in [1.54, 1.807) is 13.2 Å². The Morgan fingerprint density at radius 1 is 1.53 bits per heavy atom. The maximum atomic E-state index is 11.7. The molecule has 4 heteroatoms. The lowest BCUT2D eigenvalue weighted by molar-refractivity contribution is 0.0371. The van der Waals surface area contributed by atoms with Crippen LogP contribution in [0, 0.1) is 0 Å². The van der Waals surface area contributed by atoms with Crippen LogP contribution in [0.15, 0.2) is 35.7 Å². The summed E-state index contributed by atoms with van der Waals surface area (Å²) in [5.74, 6) is 0. The normalized spacial score (nSPS) is 17.9. The molecule has 0 heterocycles. The summed E-state index contributed by atoms with van der Waals surface area (Å²) in [6, 6.07) is 0. The molecule has 0 aromatic carbocycles. The molecule has 1 amide bonds. The Hall–Kier alpha value is -1.71. The van der Waals surface area contributed by atoms with E-state index >= 15 is 0 Å². The number of allylic oxidation sites excluding steroid dienone is 4. The summed E-state index contributed by atoms with van der Waals surface area (Å²) in [7, 11) is 1.67. The van der Waals surface area contributed by atoms with Gasteiger partial charge in [0.25, 0.3) is 0 Å². The predicted molar refractivity (Wildman–Crippen MR) is 68.1 cm³/mol. The number of hydrogen-bond acceptors (Lipinski definition) is 3. The van der Waals surface area contributed by atoms with Crippen LogP contribution in [-0.4, -0.2) is 23.6 Å². The highest BCUT2D eigenvalue weighted by molar-refractivity contribution is 5.69. The topological polar surface area (TPSA) is 55.6 Å². The molecule has 0 unspecified atom stereocenters. The van der Waals surface area contributed by atoms with Crippen LogP contribution in [0.4, 0.5) is 4.79 Å². The summed E-state index contributed by atoms with van der Waals surface area (Å²) in [5.41, 5.74) is 7.00. The minimum atomic E-state index is -0.481. The molecule has 0 saturated heterocycles. The van der Waals surface area contributed by atoms with Gasteiger partial charge in [0, 0.05) is 25.4 Å². The van der Waals surface area contributed by atoms with Crippen molar-refractivity contribution in [1.29, 1.82) is 0 Å². The van der Waals surface area contributed by atoms with Crippen molar-refractivity contribution in [1.82, 2.24) is 4.90 Å². The van der Waals surface area contributed by atoms with E-state index in [0.717, 1.165) is 11.3 Å². The first-order chi connectivity index (χ1) is 7.78. The molecule has 1 aliphatic rings. The summed E-state index contributed by atoms with van der Waals surface area (Å²) < 4.78 is 5.24. The second-order valence-electron chi connectivity index (χ2n) is 5.07. The van der Waals surface area contributed by atoms with E-state index in [2.05, 4.69) is 0 Å². The number of rotatable bonds is 1. The number of ether oxygens (including phenoxy) is 1. The van der Waals surface area contributed by atoms with Crippen LogP contribution in [0.25, 0.3) is 0 Å². The third-order valence-corrected chi connectivity index (χ3v) is 2.07. The molecule has 0 spiro atoms. The molecule has 1 aliphatic carbocycles. The lowest BCUT2D eigenvalue weighted by Crippen LogP contribution is -2.31. The summed E-state index contributed by atoms with van der Waals surface area (Å²) in [6.45, 7) is 5.52. The van der Waals surface area contributed by atoms with E-state index in [1.807, 2.05) is 39.0 Å². The lowest BCUT2D eigenvalue weighted by atomic mass is 10.1. The van der Waals surface area contributed by atoms with Crippen LogP contribution in [0.3, 0.4) is 0 Å². The molecule has 0 radical (unpaired) electrons. The summed E-state index contributed by atoms with van der Waals surface area (Å²) >= 11 is 0. The van der Waals surface area contributed by atoms with Crippen molar-refractivity contribution in [2.24, 2.45) is 5.73 Å². The van der Waals surface area contributed by atoms with Crippen molar-refractivity contribution < 1.29 is 9.53 Å². The third kappa shape index (κ3) is 4.76. The molecule has 0 aromatic heterocycles. The van der Waals surface area contributed by atoms with Gasteiger partial charge in [-0.05, 0) is 32.4 Å². The van der Waals surface area contributed by atoms with Crippen LogP contribution in [0.1, 0.15) is 27.2 Å². The maximum absolute atomic E-state index is 11.7. The third-order valence-electron chi connectivity index (χ3n) is 2.07. The van der Waals surface area contributed by atoms with Gasteiger partial charge >= 0.3 is 6.09 Å². The minimum Gasteiger partial charge on any atom is -0.443 e. The number of amides is 1. The summed E-state index contributed by atoms with van der Waals surface area (Å²) in [4.78, 5) is 13.1. The van der Waals surface area contributed by atoms with Gasteiger partial charge in [-0.2, -0.15) is 0 Å². The predicted octanol–water partition coefficient (Wildman–Crippen LogP) is 2.54. The average molecular weight is 236 g/mol. The molecule has 0 saturated carbocycles. The fourth-order valence-corrected chi connectivity index (χ4v) is 1.37. The Kier molecular flexibility index (Phi) is 3.99. The van der Waals surface area contributed by atoms with E-state index in [-0.39, 0.29) is 6.09 Å². The summed E-state index contributed by atoms with van der Waals surface area (Å²) in [6.07, 6.45) is 7.68. The van der Waals surface area contributed by atoms with Gasteiger partial charge in [0.15, 0.2) is 0 Å². The first kappa shape index (κ1) is 13.4. The van der Waals surface area contributed by atoms with Gasteiger partial charge in [0.1, 0.15) is 5.60 Å². The maximum Gasteiger partial charge on any atom is 0.414 e. The highest BCUT2D eigenvalue weighted by Crippen LogP contribution is 2.15. The average Bonchev–Trinajstić information content (AvgIpc) is 2.14. The molecule has 0 atom stereocenters. The van der Waals surface area contributed by atoms with Gasteiger partial charge in [0.05, 0.1) is 0 Å². The molecule has 4 nitrogen and oxygen atoms in total. The van der Waals surface area contributed by atoms with Crippen molar-refractivity contribution in [2.45, 2.75) is 32.8 Å². The van der Waals surface area contributed by atoms with E-state index in [0.29, 0.717) is 6.42 Å². The van der Waals surface area contributed by atoms with Crippen molar-refractivity contribution in [2.75, 3.05) is 7.05 Å². The zero-order chi connectivity index (χ0) is 13.1. The monoisotopic (exact) mass is 236 g/mol. The highest BCUT2D eigenvalue weighted by atomic mass is 16.6. The zero-order valence-corrected chi connectivity index (χ0v) is 10.9. The molecule has 0 fully saturated rings. The number of nitrogens with zero attached hydrogens (tertiary/aromatic N) is 1. The first-order valence-corrected chi connectivity index (χ1v) is 5.57. The Morgan fingerprint density at radius 3 is 2.71 bits per heavy atom. The second-order valence-corrected chi connectivity index (χ2v) is 5.07. The Bertz CT molecular complexity index is 387. The van der Waals surface area contributed by atoms with Crippen LogP contribution < -0.4 is 5.73 Å². The Labute approximate surface area is 102 Å². The number of carbonyl (C=O) groups is 1. The first-order valence-electron chi connectivity index (χ1n) is 5.57. The quantitative estimate of drug-likeness (QED) is 0.761. The Morgan fingerprint density at radius 2 is 2.18 bits per heavy atom. The van der Waals surface area contributed by atoms with Crippen molar-refractivity contribution >= 4 is 6.09 Å². The van der Waals surface area contributed by atoms with Crippen molar-refractivity contribution in [3.05, 3.63) is 35.7 Å². The molecule has 1 rings (SSSR count). The summed E-state index contributed by atoms with van der Waals surface area (Å²) in [5, 5.41) is 0. The van der Waals surface area contributed by atoms with Gasteiger partial charge in [-0.15, -0.1) is 0 Å². The van der Waals surface area contributed by atoms with Gasteiger partial charge in [-0.1, -0.05) is 12.2 Å². The number of hydrogen-bond donors (Lipinski definition) is 1. The van der Waals surface area contributed by atoms with Gasteiger partial charge in [-0.3, -0.25) is 4.90 Å². The molecular formula is C13H20N2O2. The van der Waals surface area contributed by atoms with E-state index in [9.17, 15) is 4.79 Å². The van der Waals surface area contributed by atoms with Crippen molar-refractivity contribution in [3.8, 4) is 0 Å². The molecule has 0 aliphatic heterocycles. The van der Waals surface area contributed by atoms with Crippen LogP contribution in [0.2, 0.25) is 0 Å². The van der Waals surface area contributed by atoms with Crippen LogP contribution >= 0.6 is 0 Å².